The van der Waals surface area contributed by atoms with Gasteiger partial charge in [0.05, 0.1) is 0 Å². The number of rotatable bonds is 3. The molecule has 0 nitrogen and oxygen atoms in total. The molecule has 0 spiro atoms. The van der Waals surface area contributed by atoms with Crippen LogP contribution < -0.4 is 28.1 Å². The number of allylic oxidation sites excluding steroid dienone is 4. The zero-order valence-electron chi connectivity index (χ0n) is 19.5. The Labute approximate surface area is 213 Å². The number of halogens is 2. The van der Waals surface area contributed by atoms with E-state index in [-0.39, 0.29) is 30.2 Å². The van der Waals surface area contributed by atoms with Gasteiger partial charge in [0.2, 0.25) is 0 Å². The summed E-state index contributed by atoms with van der Waals surface area (Å²) in [5.74, 6) is 0. The van der Waals surface area contributed by atoms with Gasteiger partial charge in [0.15, 0.2) is 0 Å². The molecule has 0 bridgehead atoms. The number of hydrogen-bond donors (Lipinski definition) is 0. The van der Waals surface area contributed by atoms with Gasteiger partial charge in [-0.2, -0.15) is 0 Å². The van der Waals surface area contributed by atoms with E-state index in [9.17, 15) is 0 Å². The molecule has 1 saturated heterocycles. The average molecular weight is 634 g/mol. The van der Waals surface area contributed by atoms with Crippen LogP contribution >= 0.6 is 0 Å². The van der Waals surface area contributed by atoms with Gasteiger partial charge in [-0.05, 0) is 0 Å². The molecule has 1 aliphatic heterocycles. The molecule has 0 amide bonds. The fraction of sp³-hybridized carbons (Fsp3) is 0.407. The van der Waals surface area contributed by atoms with Crippen molar-refractivity contribution in [2.45, 2.75) is 65.2 Å². The first-order chi connectivity index (χ1) is 13.8. The van der Waals surface area contributed by atoms with Crippen molar-refractivity contribution >= 4 is 11.4 Å². The van der Waals surface area contributed by atoms with Crippen LogP contribution in [0.5, 0.6) is 0 Å². The third-order valence-corrected chi connectivity index (χ3v) is 20.5. The van der Waals surface area contributed by atoms with Crippen LogP contribution in [-0.2, 0) is 22.9 Å². The monoisotopic (exact) mass is 634 g/mol. The largest absolute Gasteiger partial charge is 1.00 e. The van der Waals surface area contributed by atoms with E-state index in [1.807, 2.05) is 3.33 Å². The minimum atomic E-state index is -1.23. The third-order valence-electron chi connectivity index (χ3n) is 8.47. The Morgan fingerprint density at radius 1 is 0.871 bits per heavy atom. The van der Waals surface area contributed by atoms with Gasteiger partial charge in [-0.25, -0.2) is 0 Å². The van der Waals surface area contributed by atoms with Crippen molar-refractivity contribution < 1.29 is 47.7 Å². The third kappa shape index (κ3) is 3.65. The number of benzene rings is 2. The summed E-state index contributed by atoms with van der Waals surface area (Å²) >= 11 is -1.14. The van der Waals surface area contributed by atoms with Crippen LogP contribution in [0.2, 0.25) is 18.6 Å². The summed E-state index contributed by atoms with van der Waals surface area (Å²) in [4.78, 5) is 0. The van der Waals surface area contributed by atoms with E-state index in [4.69, 9.17) is 0 Å². The molecule has 5 rings (SSSR count). The molecule has 0 N–H and O–H groups in total. The van der Waals surface area contributed by atoms with Gasteiger partial charge in [0.1, 0.15) is 0 Å². The summed E-state index contributed by atoms with van der Waals surface area (Å²) in [6.07, 6.45) is 1.46. The van der Waals surface area contributed by atoms with Gasteiger partial charge in [-0.15, -0.1) is 0 Å². The molecule has 0 radical (unpaired) electrons. The van der Waals surface area contributed by atoms with Gasteiger partial charge < -0.3 is 24.8 Å². The van der Waals surface area contributed by atoms with Gasteiger partial charge in [-0.1, -0.05) is 0 Å². The summed E-state index contributed by atoms with van der Waals surface area (Å²) in [6.45, 7) is 14.7. The first-order valence-corrected chi connectivity index (χ1v) is 17.7. The van der Waals surface area contributed by atoms with Gasteiger partial charge in [-0.3, -0.25) is 0 Å². The summed E-state index contributed by atoms with van der Waals surface area (Å²) < 4.78 is 3.62. The second-order valence-corrected chi connectivity index (χ2v) is 19.8. The Kier molecular flexibility index (Phi) is 7.11. The molecule has 0 saturated carbocycles. The number of fused-ring (bicyclic) bond motifs is 3. The summed E-state index contributed by atoms with van der Waals surface area (Å²) in [7, 11) is -1.23. The normalized spacial score (nSPS) is 22.1. The van der Waals surface area contributed by atoms with E-state index in [1.165, 1.54) is 18.5 Å². The molecule has 2 aliphatic carbocycles. The predicted octanol–water partition coefficient (Wildman–Crippen LogP) is 1.19. The number of hydrogen-bond acceptors (Lipinski definition) is 0. The standard InChI is InChI=1S/C17H17Si.C10H15.2ClH.Hf/c1-18(11-6-12-18)17-15-9-4-2-7-13(15)14-8-3-5-10-16(14)17;1-7-6-10(4,5)9(3)8(7)2;;;/h2-5,7-9,17H,6,11-12H2,1H3;1-5H3;2*1H;/q;;;;+2/p-2. The summed E-state index contributed by atoms with van der Waals surface area (Å²) in [5, 5.41) is 0. The van der Waals surface area contributed by atoms with E-state index < -0.39 is 31.0 Å². The molecule has 2 aromatic carbocycles. The quantitative estimate of drug-likeness (QED) is 0.446. The van der Waals surface area contributed by atoms with Crippen molar-refractivity contribution in [2.75, 3.05) is 0 Å². The minimum Gasteiger partial charge on any atom is -1.00 e. The molecular weight excluding hydrogens is 602 g/mol. The topological polar surface area (TPSA) is 0 Å². The van der Waals surface area contributed by atoms with Gasteiger partial charge in [0.25, 0.3) is 0 Å². The zero-order valence-corrected chi connectivity index (χ0v) is 25.6. The fourth-order valence-corrected chi connectivity index (χ4v) is 16.9. The van der Waals surface area contributed by atoms with Crippen molar-refractivity contribution in [1.29, 1.82) is 0 Å². The van der Waals surface area contributed by atoms with Crippen LogP contribution in [0, 0.1) is 5.41 Å². The Morgan fingerprint density at radius 3 is 2.10 bits per heavy atom. The Hall–Kier alpha value is -0.413. The maximum atomic E-state index is 2.69. The summed E-state index contributed by atoms with van der Waals surface area (Å²) in [6, 6.07) is 19.7. The molecule has 2 aromatic rings. The van der Waals surface area contributed by atoms with Crippen molar-refractivity contribution in [1.82, 2.24) is 0 Å². The zero-order chi connectivity index (χ0) is 20.6. The second kappa shape index (κ2) is 8.74. The van der Waals surface area contributed by atoms with Gasteiger partial charge >= 0.3 is 190 Å². The van der Waals surface area contributed by atoms with E-state index in [2.05, 4.69) is 83.6 Å². The molecular formula is C27H32Cl2HfSi. The van der Waals surface area contributed by atoms with Crippen molar-refractivity contribution in [3.8, 4) is 11.1 Å². The minimum absolute atomic E-state index is 0. The van der Waals surface area contributed by atoms with Crippen LogP contribution in [0.15, 0.2) is 62.5 Å². The van der Waals surface area contributed by atoms with E-state index in [0.717, 1.165) is 5.54 Å². The first-order valence-electron chi connectivity index (χ1n) is 11.1. The van der Waals surface area contributed by atoms with Crippen LogP contribution in [0.1, 0.15) is 57.7 Å². The van der Waals surface area contributed by atoms with Crippen molar-refractivity contribution in [3.63, 3.8) is 0 Å². The molecule has 3 aliphatic rings. The first kappa shape index (κ1) is 25.2. The second-order valence-electron chi connectivity index (χ2n) is 10.3. The molecule has 162 valence electrons. The average Bonchev–Trinajstić information content (AvgIpc) is 3.09. The maximum Gasteiger partial charge on any atom is -1.00 e. The van der Waals surface area contributed by atoms with E-state index in [0.29, 0.717) is 0 Å². The SMILES string of the molecule is CC1=C(C)C(C)(C)[C]([Hf+2][c]2cccc3c2C([Si]2(C)CCC2)c2ccccc2-3)=C1C.[Cl-].[Cl-]. The summed E-state index contributed by atoms with van der Waals surface area (Å²) in [5.41, 5.74) is 12.3. The van der Waals surface area contributed by atoms with Crippen LogP contribution in [0.25, 0.3) is 11.1 Å². The molecule has 1 atom stereocenters. The van der Waals surface area contributed by atoms with E-state index >= 15 is 0 Å². The van der Waals surface area contributed by atoms with Crippen LogP contribution in [0.3, 0.4) is 0 Å². The van der Waals surface area contributed by atoms with Crippen molar-refractivity contribution in [3.05, 3.63) is 73.6 Å². The van der Waals surface area contributed by atoms with Crippen LogP contribution in [-0.4, -0.2) is 8.07 Å². The van der Waals surface area contributed by atoms with Gasteiger partial charge in [0, 0.05) is 0 Å². The maximum absolute atomic E-state index is 2.69. The predicted molar refractivity (Wildman–Crippen MR) is 124 cm³/mol. The Morgan fingerprint density at radius 2 is 1.52 bits per heavy atom. The molecule has 0 aromatic heterocycles. The molecule has 31 heavy (non-hydrogen) atoms. The molecule has 1 unspecified atom stereocenters. The van der Waals surface area contributed by atoms with E-state index in [1.54, 1.807) is 42.3 Å². The fourth-order valence-electron chi connectivity index (χ4n) is 6.10. The smallest absolute Gasteiger partial charge is 1.00 e. The van der Waals surface area contributed by atoms with Crippen molar-refractivity contribution in [2.24, 2.45) is 5.41 Å². The molecule has 1 heterocycles. The Bertz CT molecular complexity index is 1090. The molecule has 4 heteroatoms. The molecule has 1 fully saturated rings. The van der Waals surface area contributed by atoms with Crippen LogP contribution in [0.4, 0.5) is 0 Å². The Balaban J connectivity index is 0.00000136.